The molecule has 0 spiro atoms. The van der Waals surface area contributed by atoms with E-state index in [9.17, 15) is 21.6 Å². The number of hydrogen-bond acceptors (Lipinski definition) is 4. The molecule has 1 aromatic carbocycles. The second-order valence-corrected chi connectivity index (χ2v) is 6.61. The fourth-order valence-electron chi connectivity index (χ4n) is 2.02. The molecule has 0 heterocycles. The lowest BCUT2D eigenvalue weighted by atomic mass is 10.3. The Balaban J connectivity index is 2.38. The van der Waals surface area contributed by atoms with Crippen molar-refractivity contribution in [2.45, 2.75) is 36.6 Å². The largest absolute Gasteiger partial charge is 0.573 e. The molecule has 9 heteroatoms. The van der Waals surface area contributed by atoms with E-state index in [0.29, 0.717) is 12.8 Å². The van der Waals surface area contributed by atoms with Crippen LogP contribution in [0.3, 0.4) is 0 Å². The van der Waals surface area contributed by atoms with E-state index in [4.69, 9.17) is 5.26 Å². The first-order valence-electron chi connectivity index (χ1n) is 6.49. The molecule has 5 nitrogen and oxygen atoms in total. The molecule has 0 radical (unpaired) electrons. The quantitative estimate of drug-likeness (QED) is 0.802. The van der Waals surface area contributed by atoms with Gasteiger partial charge in [-0.05, 0) is 25.0 Å². The number of sulfonamides is 1. The zero-order valence-corrected chi connectivity index (χ0v) is 12.2. The minimum atomic E-state index is -4.98. The van der Waals surface area contributed by atoms with Crippen LogP contribution in [0.1, 0.15) is 19.3 Å². The summed E-state index contributed by atoms with van der Waals surface area (Å²) in [6.45, 7) is -0.0517. The zero-order chi connectivity index (χ0) is 16.4. The molecular formula is C13H13F3N2O3S. The molecule has 0 atom stereocenters. The first kappa shape index (κ1) is 16.6. The number of rotatable bonds is 6. The molecule has 1 aromatic rings. The average molecular weight is 334 g/mol. The molecule has 1 fully saturated rings. The average Bonchev–Trinajstić information content (AvgIpc) is 3.22. The number of para-hydroxylation sites is 1. The van der Waals surface area contributed by atoms with Gasteiger partial charge in [0.25, 0.3) is 0 Å². The van der Waals surface area contributed by atoms with E-state index in [2.05, 4.69) is 4.74 Å². The van der Waals surface area contributed by atoms with Crippen molar-refractivity contribution in [3.8, 4) is 11.8 Å². The molecule has 0 saturated heterocycles. The van der Waals surface area contributed by atoms with Crippen LogP contribution >= 0.6 is 0 Å². The van der Waals surface area contributed by atoms with Gasteiger partial charge in [-0.3, -0.25) is 0 Å². The normalized spacial score (nSPS) is 15.6. The molecule has 0 bridgehead atoms. The van der Waals surface area contributed by atoms with Gasteiger partial charge in [-0.2, -0.15) is 9.57 Å². The maximum Gasteiger partial charge on any atom is 0.573 e. The van der Waals surface area contributed by atoms with Crippen molar-refractivity contribution in [3.63, 3.8) is 0 Å². The van der Waals surface area contributed by atoms with Gasteiger partial charge < -0.3 is 4.74 Å². The summed E-state index contributed by atoms with van der Waals surface area (Å²) in [6, 6.07) is 6.18. The van der Waals surface area contributed by atoms with E-state index in [0.717, 1.165) is 16.4 Å². The fraction of sp³-hybridized carbons (Fsp3) is 0.462. The molecule has 120 valence electrons. The molecule has 1 aliphatic rings. The minimum Gasteiger partial charge on any atom is -0.404 e. The lowest BCUT2D eigenvalue weighted by Gasteiger charge is -2.22. The van der Waals surface area contributed by atoms with Crippen molar-refractivity contribution in [1.29, 1.82) is 5.26 Å². The van der Waals surface area contributed by atoms with Crippen LogP contribution in [0.25, 0.3) is 0 Å². The fourth-order valence-corrected chi connectivity index (χ4v) is 3.82. The minimum absolute atomic E-state index is 0.0297. The Hall–Kier alpha value is -1.79. The van der Waals surface area contributed by atoms with Crippen molar-refractivity contribution >= 4 is 10.0 Å². The van der Waals surface area contributed by atoms with Gasteiger partial charge in [-0.1, -0.05) is 12.1 Å². The molecule has 0 amide bonds. The zero-order valence-electron chi connectivity index (χ0n) is 11.4. The summed E-state index contributed by atoms with van der Waals surface area (Å²) in [5, 5.41) is 8.62. The van der Waals surface area contributed by atoms with Crippen molar-refractivity contribution in [1.82, 2.24) is 4.31 Å². The summed E-state index contributed by atoms with van der Waals surface area (Å²) < 4.78 is 67.3. The number of hydrogen-bond donors (Lipinski definition) is 0. The van der Waals surface area contributed by atoms with Crippen LogP contribution in [0.4, 0.5) is 13.2 Å². The van der Waals surface area contributed by atoms with Gasteiger partial charge in [-0.15, -0.1) is 13.2 Å². The molecule has 0 aliphatic heterocycles. The Morgan fingerprint density at radius 3 is 2.50 bits per heavy atom. The van der Waals surface area contributed by atoms with Crippen LogP contribution in [0.15, 0.2) is 29.2 Å². The van der Waals surface area contributed by atoms with Crippen LogP contribution in [-0.2, 0) is 10.0 Å². The number of nitrogens with zero attached hydrogens (tertiary/aromatic N) is 2. The van der Waals surface area contributed by atoms with Gasteiger partial charge in [0, 0.05) is 19.0 Å². The van der Waals surface area contributed by atoms with E-state index in [1.807, 2.05) is 6.07 Å². The number of alkyl halides is 3. The smallest absolute Gasteiger partial charge is 0.404 e. The number of nitriles is 1. The van der Waals surface area contributed by atoms with Crippen molar-refractivity contribution in [2.24, 2.45) is 0 Å². The highest BCUT2D eigenvalue weighted by Gasteiger charge is 2.40. The maximum atomic E-state index is 12.6. The summed E-state index contributed by atoms with van der Waals surface area (Å²) in [7, 11) is -4.16. The number of benzene rings is 1. The molecular weight excluding hydrogens is 321 g/mol. The van der Waals surface area contributed by atoms with Crippen LogP contribution in [0.2, 0.25) is 0 Å². The second kappa shape index (κ2) is 6.14. The third kappa shape index (κ3) is 3.90. The predicted octanol–water partition coefficient (Wildman–Crippen LogP) is 2.65. The number of halogens is 3. The van der Waals surface area contributed by atoms with Gasteiger partial charge in [0.15, 0.2) is 0 Å². The molecule has 0 unspecified atom stereocenters. The van der Waals surface area contributed by atoms with Crippen LogP contribution in [0.5, 0.6) is 5.75 Å². The third-order valence-electron chi connectivity index (χ3n) is 3.06. The molecule has 22 heavy (non-hydrogen) atoms. The highest BCUT2D eigenvalue weighted by molar-refractivity contribution is 7.89. The predicted molar refractivity (Wildman–Crippen MR) is 70.3 cm³/mol. The molecule has 1 aliphatic carbocycles. The maximum absolute atomic E-state index is 12.6. The summed E-state index contributed by atoms with van der Waals surface area (Å²) in [5.74, 6) is -0.766. The first-order valence-corrected chi connectivity index (χ1v) is 7.93. The lowest BCUT2D eigenvalue weighted by Crippen LogP contribution is -2.34. The Morgan fingerprint density at radius 1 is 1.32 bits per heavy atom. The third-order valence-corrected chi connectivity index (χ3v) is 5.05. The standard InChI is InChI=1S/C13H13F3N2O3S/c14-13(15,16)21-11-4-1-2-5-12(11)22(19,20)18(9-3-8-17)10-6-7-10/h1-2,4-5,10H,3,6-7,9H2. The van der Waals surface area contributed by atoms with E-state index >= 15 is 0 Å². The van der Waals surface area contributed by atoms with Gasteiger partial charge in [0.1, 0.15) is 10.6 Å². The molecule has 0 aromatic heterocycles. The van der Waals surface area contributed by atoms with E-state index in [-0.39, 0.29) is 19.0 Å². The van der Waals surface area contributed by atoms with Crippen LogP contribution in [-0.4, -0.2) is 31.7 Å². The molecule has 0 N–H and O–H groups in total. The van der Waals surface area contributed by atoms with Crippen LogP contribution in [0, 0.1) is 11.3 Å². The summed E-state index contributed by atoms with van der Waals surface area (Å²) in [6.07, 6.45) is -3.75. The van der Waals surface area contributed by atoms with E-state index < -0.39 is 27.0 Å². The van der Waals surface area contributed by atoms with Crippen LogP contribution < -0.4 is 4.74 Å². The Kier molecular flexibility index (Phi) is 4.63. The second-order valence-electron chi connectivity index (χ2n) is 4.75. The SMILES string of the molecule is N#CCCN(C1CC1)S(=O)(=O)c1ccccc1OC(F)(F)F. The monoisotopic (exact) mass is 334 g/mol. The molecule has 1 saturated carbocycles. The topological polar surface area (TPSA) is 70.4 Å². The Morgan fingerprint density at radius 2 is 1.95 bits per heavy atom. The summed E-state index contributed by atoms with van der Waals surface area (Å²) >= 11 is 0. The van der Waals surface area contributed by atoms with E-state index in [1.54, 1.807) is 0 Å². The van der Waals surface area contributed by atoms with Gasteiger partial charge in [0.05, 0.1) is 6.07 Å². The highest BCUT2D eigenvalue weighted by Crippen LogP contribution is 2.36. The van der Waals surface area contributed by atoms with Crippen molar-refractivity contribution in [3.05, 3.63) is 24.3 Å². The van der Waals surface area contributed by atoms with Crippen molar-refractivity contribution in [2.75, 3.05) is 6.54 Å². The number of ether oxygens (including phenoxy) is 1. The van der Waals surface area contributed by atoms with Gasteiger partial charge in [0.2, 0.25) is 10.0 Å². The first-order chi connectivity index (χ1) is 10.3. The van der Waals surface area contributed by atoms with Crippen molar-refractivity contribution < 1.29 is 26.3 Å². The lowest BCUT2D eigenvalue weighted by molar-refractivity contribution is -0.275. The van der Waals surface area contributed by atoms with Gasteiger partial charge in [-0.25, -0.2) is 8.42 Å². The van der Waals surface area contributed by atoms with E-state index in [1.165, 1.54) is 12.1 Å². The highest BCUT2D eigenvalue weighted by atomic mass is 32.2. The Bertz CT molecular complexity index is 679. The summed E-state index contributed by atoms with van der Waals surface area (Å²) in [4.78, 5) is -0.544. The van der Waals surface area contributed by atoms with Gasteiger partial charge >= 0.3 is 6.36 Å². The molecule has 2 rings (SSSR count). The summed E-state index contributed by atoms with van der Waals surface area (Å²) in [5.41, 5.74) is 0. The Labute approximate surface area is 126 Å².